The first kappa shape index (κ1) is 22.3. The quantitative estimate of drug-likeness (QED) is 0.338. The third-order valence-electron chi connectivity index (χ3n) is 6.11. The van der Waals surface area contributed by atoms with Gasteiger partial charge in [0.25, 0.3) is 5.91 Å². The Morgan fingerprint density at radius 3 is 2.91 bits per heavy atom. The average molecular weight is 471 g/mol. The van der Waals surface area contributed by atoms with Crippen LogP contribution in [0.4, 0.5) is 4.39 Å². The number of aromatic amines is 1. The highest BCUT2D eigenvalue weighted by Gasteiger charge is 2.28. The van der Waals surface area contributed by atoms with Crippen LogP contribution in [0.15, 0.2) is 48.8 Å². The van der Waals surface area contributed by atoms with E-state index in [4.69, 9.17) is 4.74 Å². The van der Waals surface area contributed by atoms with E-state index in [-0.39, 0.29) is 29.5 Å². The fourth-order valence-electron chi connectivity index (χ4n) is 4.08. The number of nitrogens with one attached hydrogen (secondary N) is 1. The van der Waals surface area contributed by atoms with Crippen molar-refractivity contribution >= 4 is 16.8 Å². The van der Waals surface area contributed by atoms with Gasteiger partial charge in [0.15, 0.2) is 6.20 Å². The van der Waals surface area contributed by atoms with Crippen LogP contribution in [-0.4, -0.2) is 34.2 Å². The van der Waals surface area contributed by atoms with Gasteiger partial charge in [-0.05, 0) is 42.7 Å². The number of rotatable bonds is 6. The molecule has 35 heavy (non-hydrogen) atoms. The van der Waals surface area contributed by atoms with Gasteiger partial charge in [-0.1, -0.05) is 12.1 Å². The maximum absolute atomic E-state index is 15.4. The lowest BCUT2D eigenvalue weighted by atomic mass is 9.99. The normalized spacial score (nSPS) is 13.0. The lowest BCUT2D eigenvalue weighted by Crippen LogP contribution is -2.33. The number of nitrogens with zero attached hydrogens (tertiary/aromatic N) is 4. The van der Waals surface area contributed by atoms with E-state index in [2.05, 4.69) is 16.3 Å². The van der Waals surface area contributed by atoms with Gasteiger partial charge >= 0.3 is 0 Å². The summed E-state index contributed by atoms with van der Waals surface area (Å²) in [6, 6.07) is 11.4. The summed E-state index contributed by atoms with van der Waals surface area (Å²) >= 11 is 0. The predicted octanol–water partition coefficient (Wildman–Crippen LogP) is 4.00. The number of aryl methyl sites for hydroxylation is 1. The molecular weight excluding hydrogens is 449 g/mol. The summed E-state index contributed by atoms with van der Waals surface area (Å²) in [7, 11) is 1.59. The minimum atomic E-state index is -0.612. The van der Waals surface area contributed by atoms with E-state index in [0.717, 1.165) is 17.6 Å². The van der Waals surface area contributed by atoms with Crippen molar-refractivity contribution in [1.29, 1.82) is 5.26 Å². The number of carbonyl (C=O) groups excluding carboxylic acids is 1. The molecular formula is C26H22FN5O3. The minimum Gasteiger partial charge on any atom is -0.618 e. The molecule has 4 aromatic rings. The molecule has 0 bridgehead atoms. The third kappa shape index (κ3) is 4.26. The molecule has 1 amide bonds. The predicted molar refractivity (Wildman–Crippen MR) is 126 cm³/mol. The van der Waals surface area contributed by atoms with E-state index in [1.54, 1.807) is 50.5 Å². The Labute approximate surface area is 200 Å². The molecule has 2 aromatic heterocycles. The van der Waals surface area contributed by atoms with Crippen LogP contribution in [0, 0.1) is 29.3 Å². The molecule has 1 fully saturated rings. The molecule has 0 saturated heterocycles. The summed E-state index contributed by atoms with van der Waals surface area (Å²) in [6.45, 7) is 1.81. The first-order valence-corrected chi connectivity index (χ1v) is 11.2. The Bertz CT molecular complexity index is 1500. The molecule has 2 aromatic carbocycles. The highest BCUT2D eigenvalue weighted by molar-refractivity contribution is 5.96. The molecule has 2 heterocycles. The van der Waals surface area contributed by atoms with Gasteiger partial charge < -0.3 is 14.8 Å². The monoisotopic (exact) mass is 471 g/mol. The second-order valence-corrected chi connectivity index (χ2v) is 8.73. The number of fused-ring (bicyclic) bond motifs is 1. The summed E-state index contributed by atoms with van der Waals surface area (Å²) in [5.74, 6) is -0.769. The van der Waals surface area contributed by atoms with Crippen LogP contribution in [0.3, 0.4) is 0 Å². The molecule has 1 N–H and O–H groups in total. The van der Waals surface area contributed by atoms with Crippen molar-refractivity contribution in [2.45, 2.75) is 32.4 Å². The number of hydrogen-bond acceptors (Lipinski definition) is 5. The number of carbonyl (C=O) groups is 1. The molecule has 0 aliphatic heterocycles. The molecule has 0 atom stereocenters. The van der Waals surface area contributed by atoms with Crippen LogP contribution in [0.2, 0.25) is 0 Å². The molecule has 1 aliphatic carbocycles. The molecule has 0 unspecified atom stereocenters. The molecule has 8 nitrogen and oxygen atoms in total. The zero-order valence-corrected chi connectivity index (χ0v) is 19.2. The van der Waals surface area contributed by atoms with Crippen LogP contribution in [-0.2, 0) is 6.54 Å². The van der Waals surface area contributed by atoms with Crippen LogP contribution >= 0.6 is 0 Å². The Morgan fingerprint density at radius 1 is 1.37 bits per heavy atom. The van der Waals surface area contributed by atoms with Gasteiger partial charge in [-0.3, -0.25) is 9.89 Å². The van der Waals surface area contributed by atoms with Gasteiger partial charge in [-0.25, -0.2) is 4.39 Å². The third-order valence-corrected chi connectivity index (χ3v) is 6.11. The first-order chi connectivity index (χ1) is 16.9. The van der Waals surface area contributed by atoms with E-state index in [1.165, 1.54) is 17.2 Å². The molecule has 1 aliphatic rings. The topological polar surface area (TPSA) is 109 Å². The summed E-state index contributed by atoms with van der Waals surface area (Å²) in [5, 5.41) is 29.1. The van der Waals surface area contributed by atoms with Crippen molar-refractivity contribution in [3.8, 4) is 22.9 Å². The van der Waals surface area contributed by atoms with E-state index in [1.807, 2.05) is 0 Å². The lowest BCUT2D eigenvalue weighted by molar-refractivity contribution is -0.611. The number of amides is 1. The van der Waals surface area contributed by atoms with Crippen molar-refractivity contribution in [3.05, 3.63) is 82.2 Å². The highest BCUT2D eigenvalue weighted by Crippen LogP contribution is 2.38. The number of halogens is 1. The molecule has 9 heteroatoms. The smallest absolute Gasteiger partial charge is 0.254 e. The fraction of sp³-hybridized carbons (Fsp3) is 0.231. The number of hydrogen-bond donors (Lipinski definition) is 1. The van der Waals surface area contributed by atoms with Crippen LogP contribution in [0.1, 0.15) is 40.0 Å². The lowest BCUT2D eigenvalue weighted by Gasteiger charge is -2.20. The summed E-state index contributed by atoms with van der Waals surface area (Å²) in [6.07, 6.45) is 4.68. The van der Waals surface area contributed by atoms with E-state index in [0.29, 0.717) is 33.3 Å². The Morgan fingerprint density at radius 2 is 2.17 bits per heavy atom. The van der Waals surface area contributed by atoms with Crippen molar-refractivity contribution in [2.24, 2.45) is 0 Å². The van der Waals surface area contributed by atoms with Crippen LogP contribution < -0.4 is 9.47 Å². The number of H-pyrrole nitrogens is 1. The minimum absolute atomic E-state index is 0.0240. The summed E-state index contributed by atoms with van der Waals surface area (Å²) < 4.78 is 22.2. The first-order valence-electron chi connectivity index (χ1n) is 11.2. The summed E-state index contributed by atoms with van der Waals surface area (Å²) in [5.41, 5.74) is 3.03. The molecule has 0 radical (unpaired) electrons. The highest BCUT2D eigenvalue weighted by atomic mass is 19.1. The van der Waals surface area contributed by atoms with E-state index in [9.17, 15) is 15.3 Å². The standard InChI is InChI=1S/C26H22FN5O3/c1-15-21-12-29-30-25(21)19(14-32(15)34)13-31(2)26(33)18-9-22(27)24(23(10-18)35-20-6-7-20)17-5-3-4-16(8-17)11-28/h3-5,8-10,12,14,20H,6-7,13H2,1-2H3,(H,29,30). The fourth-order valence-corrected chi connectivity index (χ4v) is 4.08. The Balaban J connectivity index is 1.49. The van der Waals surface area contributed by atoms with Gasteiger partial charge in [0.2, 0.25) is 5.69 Å². The SMILES string of the molecule is Cc1c2cn[nH]c2c(CN(C)C(=O)c2cc(F)c(-c3cccc(C#N)c3)c(OC3CC3)c2)c[n+]1[O-]. The van der Waals surface area contributed by atoms with Gasteiger partial charge in [0, 0.05) is 19.5 Å². The van der Waals surface area contributed by atoms with Gasteiger partial charge in [-0.2, -0.15) is 15.1 Å². The molecule has 176 valence electrons. The second kappa shape index (κ2) is 8.72. The largest absolute Gasteiger partial charge is 0.618 e. The zero-order valence-electron chi connectivity index (χ0n) is 19.2. The van der Waals surface area contributed by atoms with Gasteiger partial charge in [0.1, 0.15) is 11.6 Å². The Kier molecular flexibility index (Phi) is 5.57. The number of aromatic nitrogens is 3. The van der Waals surface area contributed by atoms with Gasteiger partial charge in [-0.15, -0.1) is 0 Å². The van der Waals surface area contributed by atoms with E-state index >= 15 is 4.39 Å². The Hall–Kier alpha value is -4.45. The number of nitriles is 1. The summed E-state index contributed by atoms with van der Waals surface area (Å²) in [4.78, 5) is 14.7. The van der Waals surface area contributed by atoms with Crippen molar-refractivity contribution in [1.82, 2.24) is 15.1 Å². The maximum atomic E-state index is 15.4. The molecule has 5 rings (SSSR count). The van der Waals surface area contributed by atoms with Crippen molar-refractivity contribution in [3.63, 3.8) is 0 Å². The van der Waals surface area contributed by atoms with E-state index < -0.39 is 11.7 Å². The van der Waals surface area contributed by atoms with Gasteiger partial charge in [0.05, 0.1) is 52.5 Å². The van der Waals surface area contributed by atoms with Crippen molar-refractivity contribution in [2.75, 3.05) is 7.05 Å². The maximum Gasteiger partial charge on any atom is 0.254 e. The van der Waals surface area contributed by atoms with Crippen molar-refractivity contribution < 1.29 is 18.7 Å². The zero-order chi connectivity index (χ0) is 24.7. The van der Waals surface area contributed by atoms with Crippen LogP contribution in [0.25, 0.3) is 22.0 Å². The second-order valence-electron chi connectivity index (χ2n) is 8.73. The molecule has 0 spiro atoms. The number of benzene rings is 2. The molecule has 1 saturated carbocycles. The van der Waals surface area contributed by atoms with Crippen LogP contribution in [0.5, 0.6) is 5.75 Å². The average Bonchev–Trinajstić information content (AvgIpc) is 3.52. The number of pyridine rings is 1. The number of ether oxygens (including phenoxy) is 1.